The molecule has 0 radical (unpaired) electrons. The molecule has 24 heavy (non-hydrogen) atoms. The molecule has 1 fully saturated rings. The Labute approximate surface area is 142 Å². The highest BCUT2D eigenvalue weighted by Crippen LogP contribution is 2.28. The van der Waals surface area contributed by atoms with Crippen molar-refractivity contribution < 1.29 is 9.21 Å². The molecule has 0 bridgehead atoms. The lowest BCUT2D eigenvalue weighted by Gasteiger charge is -2.31. The molecule has 1 amide bonds. The molecule has 2 aromatic heterocycles. The van der Waals surface area contributed by atoms with Crippen molar-refractivity contribution in [1.82, 2.24) is 14.5 Å². The Morgan fingerprint density at radius 3 is 3.08 bits per heavy atom. The Bertz CT molecular complexity index is 913. The van der Waals surface area contributed by atoms with Crippen molar-refractivity contribution in [3.8, 4) is 0 Å². The van der Waals surface area contributed by atoms with E-state index in [0.717, 1.165) is 24.4 Å². The van der Waals surface area contributed by atoms with Gasteiger partial charge in [-0.2, -0.15) is 0 Å². The van der Waals surface area contributed by atoms with E-state index < -0.39 is 5.76 Å². The van der Waals surface area contributed by atoms with Gasteiger partial charge in [0.25, 0.3) is 0 Å². The molecule has 0 unspecified atom stereocenters. The van der Waals surface area contributed by atoms with E-state index in [-0.39, 0.29) is 12.5 Å². The summed E-state index contributed by atoms with van der Waals surface area (Å²) in [7, 11) is 0. The number of fused-ring (bicyclic) bond motifs is 1. The topological polar surface area (TPSA) is 68.3 Å². The van der Waals surface area contributed by atoms with Crippen molar-refractivity contribution in [3.63, 3.8) is 0 Å². The number of aromatic nitrogens is 2. The monoisotopic (exact) mass is 343 g/mol. The molecule has 7 heteroatoms. The van der Waals surface area contributed by atoms with Crippen molar-refractivity contribution in [2.24, 2.45) is 0 Å². The molecule has 1 aliphatic heterocycles. The predicted molar refractivity (Wildman–Crippen MR) is 91.1 cm³/mol. The molecule has 0 N–H and O–H groups in total. The van der Waals surface area contributed by atoms with Crippen LogP contribution in [-0.4, -0.2) is 33.4 Å². The Morgan fingerprint density at radius 2 is 2.25 bits per heavy atom. The zero-order valence-corrected chi connectivity index (χ0v) is 13.9. The number of hydrogen-bond acceptors (Lipinski definition) is 5. The van der Waals surface area contributed by atoms with Gasteiger partial charge in [-0.1, -0.05) is 12.1 Å². The molecule has 3 heterocycles. The van der Waals surface area contributed by atoms with Gasteiger partial charge in [-0.15, -0.1) is 11.3 Å². The van der Waals surface area contributed by atoms with Gasteiger partial charge in [-0.05, 0) is 25.0 Å². The zero-order valence-electron chi connectivity index (χ0n) is 13.1. The van der Waals surface area contributed by atoms with Gasteiger partial charge in [0.1, 0.15) is 6.54 Å². The first kappa shape index (κ1) is 15.1. The van der Waals surface area contributed by atoms with Crippen molar-refractivity contribution in [1.29, 1.82) is 0 Å². The summed E-state index contributed by atoms with van der Waals surface area (Å²) in [6.07, 6.45) is 3.81. The number of hydrogen-bond donors (Lipinski definition) is 0. The Hall–Kier alpha value is -2.41. The molecule has 1 aromatic carbocycles. The van der Waals surface area contributed by atoms with Gasteiger partial charge in [0.15, 0.2) is 5.58 Å². The molecule has 1 atom stereocenters. The van der Waals surface area contributed by atoms with Crippen molar-refractivity contribution >= 4 is 28.3 Å². The van der Waals surface area contributed by atoms with Crippen LogP contribution in [0.2, 0.25) is 0 Å². The summed E-state index contributed by atoms with van der Waals surface area (Å²) < 4.78 is 6.60. The Balaban J connectivity index is 1.53. The molecule has 0 aliphatic carbocycles. The number of para-hydroxylation sites is 2. The number of carbonyl (C=O) groups excluding carboxylic acids is 1. The molecule has 0 saturated carbocycles. The fourth-order valence-electron chi connectivity index (χ4n) is 3.24. The van der Waals surface area contributed by atoms with Crippen LogP contribution in [0.5, 0.6) is 0 Å². The van der Waals surface area contributed by atoms with Gasteiger partial charge in [-0.25, -0.2) is 9.78 Å². The van der Waals surface area contributed by atoms with E-state index in [1.807, 2.05) is 16.3 Å². The Kier molecular flexibility index (Phi) is 3.93. The van der Waals surface area contributed by atoms with Gasteiger partial charge in [0, 0.05) is 30.6 Å². The number of piperidine rings is 1. The minimum Gasteiger partial charge on any atom is -0.408 e. The molecule has 124 valence electrons. The number of nitrogens with zero attached hydrogens (tertiary/aromatic N) is 3. The van der Waals surface area contributed by atoms with Gasteiger partial charge in [-0.3, -0.25) is 9.36 Å². The highest BCUT2D eigenvalue weighted by Gasteiger charge is 2.27. The third-order valence-electron chi connectivity index (χ3n) is 4.44. The van der Waals surface area contributed by atoms with E-state index in [1.165, 1.54) is 4.57 Å². The lowest BCUT2D eigenvalue weighted by atomic mass is 9.99. The number of rotatable bonds is 3. The third kappa shape index (κ3) is 2.75. The number of thiazole rings is 1. The minimum atomic E-state index is -0.488. The molecular formula is C17H17N3O3S. The second-order valence-corrected chi connectivity index (χ2v) is 6.90. The predicted octanol–water partition coefficient (Wildman–Crippen LogP) is 2.46. The van der Waals surface area contributed by atoms with Crippen LogP contribution in [-0.2, 0) is 11.3 Å². The molecule has 0 spiro atoms. The maximum absolute atomic E-state index is 12.7. The van der Waals surface area contributed by atoms with Crippen LogP contribution >= 0.6 is 11.3 Å². The number of carbonyl (C=O) groups is 1. The van der Waals surface area contributed by atoms with Gasteiger partial charge in [0.2, 0.25) is 5.91 Å². The highest BCUT2D eigenvalue weighted by atomic mass is 32.1. The molecule has 1 saturated heterocycles. The number of oxazole rings is 1. The standard InChI is InChI=1S/C17H17N3O3S/c21-15(11-20-13-5-1-2-6-14(13)23-17(20)22)19-8-3-4-12(10-19)16-18-7-9-24-16/h1-2,5-7,9,12H,3-4,8,10-11H2/t12-/m0/s1. The van der Waals surface area contributed by atoms with Crippen LogP contribution in [0.4, 0.5) is 0 Å². The van der Waals surface area contributed by atoms with Crippen LogP contribution < -0.4 is 5.76 Å². The fraction of sp³-hybridized carbons (Fsp3) is 0.353. The van der Waals surface area contributed by atoms with Crippen LogP contribution in [0, 0.1) is 0 Å². The normalized spacial score (nSPS) is 18.2. The first-order valence-corrected chi connectivity index (χ1v) is 8.86. The van der Waals surface area contributed by atoms with Crippen LogP contribution in [0.1, 0.15) is 23.8 Å². The average Bonchev–Trinajstić information content (AvgIpc) is 3.24. The van der Waals surface area contributed by atoms with E-state index in [4.69, 9.17) is 4.42 Å². The van der Waals surface area contributed by atoms with Gasteiger partial charge >= 0.3 is 5.76 Å². The first-order chi connectivity index (χ1) is 11.7. The van der Waals surface area contributed by atoms with Crippen LogP contribution in [0.15, 0.2) is 45.1 Å². The lowest BCUT2D eigenvalue weighted by molar-refractivity contribution is -0.133. The maximum atomic E-state index is 12.7. The van der Waals surface area contributed by atoms with Crippen LogP contribution in [0.25, 0.3) is 11.1 Å². The summed E-state index contributed by atoms with van der Waals surface area (Å²) in [6.45, 7) is 1.41. The van der Waals surface area contributed by atoms with Gasteiger partial charge < -0.3 is 9.32 Å². The molecule has 3 aromatic rings. The van der Waals surface area contributed by atoms with Crippen molar-refractivity contribution in [2.75, 3.05) is 13.1 Å². The summed E-state index contributed by atoms with van der Waals surface area (Å²) in [4.78, 5) is 30.9. The number of amides is 1. The summed E-state index contributed by atoms with van der Waals surface area (Å²) in [6, 6.07) is 7.16. The quantitative estimate of drug-likeness (QED) is 0.732. The summed E-state index contributed by atoms with van der Waals surface area (Å²) in [5.74, 6) is -0.247. The average molecular weight is 343 g/mol. The van der Waals surface area contributed by atoms with E-state index in [2.05, 4.69) is 4.98 Å². The first-order valence-electron chi connectivity index (χ1n) is 7.98. The lowest BCUT2D eigenvalue weighted by Crippen LogP contribution is -2.41. The molecule has 1 aliphatic rings. The summed E-state index contributed by atoms with van der Waals surface area (Å²) >= 11 is 1.63. The molecule has 6 nitrogen and oxygen atoms in total. The van der Waals surface area contributed by atoms with E-state index in [9.17, 15) is 9.59 Å². The second-order valence-electron chi connectivity index (χ2n) is 5.97. The molecular weight excluding hydrogens is 326 g/mol. The highest BCUT2D eigenvalue weighted by molar-refractivity contribution is 7.09. The fourth-order valence-corrected chi connectivity index (χ4v) is 4.01. The SMILES string of the molecule is O=C(Cn1c(=O)oc2ccccc21)N1CCC[C@H](c2nccs2)C1. The van der Waals surface area contributed by atoms with Crippen molar-refractivity contribution in [2.45, 2.75) is 25.3 Å². The van der Waals surface area contributed by atoms with Crippen LogP contribution in [0.3, 0.4) is 0 Å². The zero-order chi connectivity index (χ0) is 16.5. The molecule has 4 rings (SSSR count). The Morgan fingerprint density at radius 1 is 1.38 bits per heavy atom. The second kappa shape index (κ2) is 6.24. The van der Waals surface area contributed by atoms with E-state index in [1.54, 1.807) is 35.7 Å². The smallest absolute Gasteiger partial charge is 0.408 e. The van der Waals surface area contributed by atoms with Gasteiger partial charge in [0.05, 0.1) is 10.5 Å². The third-order valence-corrected chi connectivity index (χ3v) is 5.38. The maximum Gasteiger partial charge on any atom is 0.420 e. The number of likely N-dealkylation sites (tertiary alicyclic amines) is 1. The largest absolute Gasteiger partial charge is 0.420 e. The number of benzene rings is 1. The minimum absolute atomic E-state index is 0.0143. The summed E-state index contributed by atoms with van der Waals surface area (Å²) in [5, 5.41) is 3.05. The van der Waals surface area contributed by atoms with Crippen molar-refractivity contribution in [3.05, 3.63) is 51.4 Å². The summed E-state index contributed by atoms with van der Waals surface area (Å²) in [5.41, 5.74) is 1.17. The van der Waals surface area contributed by atoms with E-state index in [0.29, 0.717) is 23.6 Å². The van der Waals surface area contributed by atoms with E-state index >= 15 is 0 Å².